The number of benzene rings is 1. The Kier molecular flexibility index (Phi) is 3.71. The van der Waals surface area contributed by atoms with Crippen molar-refractivity contribution >= 4 is 21.7 Å². The number of hydrogen-bond acceptors (Lipinski definition) is 4. The van der Waals surface area contributed by atoms with Crippen LogP contribution in [0.25, 0.3) is 0 Å². The molecule has 0 saturated carbocycles. The molecule has 0 saturated heterocycles. The number of Topliss-reactive ketones (excluding diaryl/α,β-unsaturated/α-hetero) is 1. The van der Waals surface area contributed by atoms with Gasteiger partial charge in [0.2, 0.25) is 0 Å². The van der Waals surface area contributed by atoms with Crippen LogP contribution in [-0.4, -0.2) is 24.0 Å². The Hall–Kier alpha value is -1.07. The fraction of sp³-hybridized carbons (Fsp3) is 0.300. The number of aromatic hydroxyl groups is 1. The summed E-state index contributed by atoms with van der Waals surface area (Å²) in [6, 6.07) is 2.22. The van der Waals surface area contributed by atoms with Gasteiger partial charge in [-0.05, 0) is 35.0 Å². The van der Waals surface area contributed by atoms with Crippen molar-refractivity contribution in [2.24, 2.45) is 5.73 Å². The number of carbonyl (C=O) groups is 1. The van der Waals surface area contributed by atoms with Crippen molar-refractivity contribution in [1.29, 1.82) is 0 Å². The number of phenols is 1. The predicted molar refractivity (Wildman–Crippen MR) is 60.3 cm³/mol. The maximum Gasteiger partial charge on any atom is 0.183 e. The number of ether oxygens (including phenoxy) is 1. The van der Waals surface area contributed by atoms with Crippen LogP contribution in [0.1, 0.15) is 17.3 Å². The molecule has 0 heterocycles. The summed E-state index contributed by atoms with van der Waals surface area (Å²) in [4.78, 5) is 11.6. The van der Waals surface area contributed by atoms with Crippen LogP contribution in [0.4, 0.5) is 0 Å². The van der Waals surface area contributed by atoms with Crippen LogP contribution in [0, 0.1) is 0 Å². The van der Waals surface area contributed by atoms with Crippen molar-refractivity contribution in [2.45, 2.75) is 13.0 Å². The standard InChI is InChI=1S/C10H12BrNO3/c1-5(12)10(14)6-3-9(15-2)7(11)4-8(6)13/h3-5,13H,12H2,1-2H3. The molecule has 82 valence electrons. The molecule has 1 rings (SSSR count). The molecule has 0 bridgehead atoms. The molecule has 0 fully saturated rings. The van der Waals surface area contributed by atoms with Gasteiger partial charge in [0, 0.05) is 0 Å². The van der Waals surface area contributed by atoms with E-state index in [1.54, 1.807) is 6.92 Å². The summed E-state index contributed by atoms with van der Waals surface area (Å²) in [5.41, 5.74) is 5.62. The van der Waals surface area contributed by atoms with Gasteiger partial charge in [-0.1, -0.05) is 0 Å². The fourth-order valence-corrected chi connectivity index (χ4v) is 1.64. The van der Waals surface area contributed by atoms with Crippen molar-refractivity contribution in [3.05, 3.63) is 22.2 Å². The average Bonchev–Trinajstić information content (AvgIpc) is 2.17. The first-order valence-electron chi connectivity index (χ1n) is 4.33. The van der Waals surface area contributed by atoms with Crippen LogP contribution in [-0.2, 0) is 0 Å². The molecule has 1 aromatic rings. The van der Waals surface area contributed by atoms with Gasteiger partial charge < -0.3 is 15.6 Å². The largest absolute Gasteiger partial charge is 0.507 e. The Bertz CT molecular complexity index is 390. The Labute approximate surface area is 96.2 Å². The number of hydrogen-bond donors (Lipinski definition) is 2. The molecule has 0 aromatic heterocycles. The molecule has 0 aliphatic carbocycles. The molecule has 0 amide bonds. The summed E-state index contributed by atoms with van der Waals surface area (Å²) in [6.07, 6.45) is 0. The Balaban J connectivity index is 3.24. The number of halogens is 1. The number of methoxy groups -OCH3 is 1. The lowest BCUT2D eigenvalue weighted by Gasteiger charge is -2.10. The maximum absolute atomic E-state index is 11.6. The minimum Gasteiger partial charge on any atom is -0.507 e. The first kappa shape index (κ1) is 12.0. The van der Waals surface area contributed by atoms with Gasteiger partial charge in [0.05, 0.1) is 23.2 Å². The normalized spacial score (nSPS) is 12.3. The number of rotatable bonds is 3. The summed E-state index contributed by atoms with van der Waals surface area (Å²) in [6.45, 7) is 1.57. The zero-order chi connectivity index (χ0) is 11.6. The van der Waals surface area contributed by atoms with E-state index in [9.17, 15) is 9.90 Å². The van der Waals surface area contributed by atoms with Gasteiger partial charge in [-0.2, -0.15) is 0 Å². The van der Waals surface area contributed by atoms with Gasteiger partial charge >= 0.3 is 0 Å². The molecule has 0 aliphatic rings. The third kappa shape index (κ3) is 2.49. The third-order valence-corrected chi connectivity index (χ3v) is 2.57. The molecule has 5 heteroatoms. The number of ketones is 1. The lowest BCUT2D eigenvalue weighted by Crippen LogP contribution is -2.26. The molecular formula is C10H12BrNO3. The van der Waals surface area contributed by atoms with E-state index in [0.29, 0.717) is 10.2 Å². The quantitative estimate of drug-likeness (QED) is 0.823. The highest BCUT2D eigenvalue weighted by molar-refractivity contribution is 9.10. The average molecular weight is 274 g/mol. The van der Waals surface area contributed by atoms with Crippen LogP contribution in [0.15, 0.2) is 16.6 Å². The summed E-state index contributed by atoms with van der Waals surface area (Å²) < 4.78 is 5.61. The van der Waals surface area contributed by atoms with Gasteiger partial charge in [0.25, 0.3) is 0 Å². The van der Waals surface area contributed by atoms with Crippen molar-refractivity contribution < 1.29 is 14.6 Å². The second-order valence-corrected chi connectivity index (χ2v) is 4.01. The zero-order valence-corrected chi connectivity index (χ0v) is 10.0. The van der Waals surface area contributed by atoms with E-state index in [1.165, 1.54) is 19.2 Å². The first-order valence-corrected chi connectivity index (χ1v) is 5.13. The molecule has 4 nitrogen and oxygen atoms in total. The number of nitrogens with two attached hydrogens (primary N) is 1. The van der Waals surface area contributed by atoms with Crippen LogP contribution in [0.3, 0.4) is 0 Å². The van der Waals surface area contributed by atoms with E-state index >= 15 is 0 Å². The summed E-state index contributed by atoms with van der Waals surface area (Å²) in [5, 5.41) is 9.57. The zero-order valence-electron chi connectivity index (χ0n) is 8.45. The SMILES string of the molecule is COc1cc(C(=O)C(C)N)c(O)cc1Br. The van der Waals surface area contributed by atoms with E-state index in [4.69, 9.17) is 10.5 Å². The van der Waals surface area contributed by atoms with E-state index in [2.05, 4.69) is 15.9 Å². The highest BCUT2D eigenvalue weighted by Gasteiger charge is 2.17. The number of phenolic OH excluding ortho intramolecular Hbond substituents is 1. The first-order chi connectivity index (χ1) is 6.97. The van der Waals surface area contributed by atoms with Gasteiger partial charge in [-0.3, -0.25) is 4.79 Å². The topological polar surface area (TPSA) is 72.5 Å². The minimum absolute atomic E-state index is 0.107. The van der Waals surface area contributed by atoms with Crippen LogP contribution < -0.4 is 10.5 Å². The van der Waals surface area contributed by atoms with Crippen LogP contribution in [0.2, 0.25) is 0 Å². The molecular weight excluding hydrogens is 262 g/mol. The maximum atomic E-state index is 11.6. The van der Waals surface area contributed by atoms with E-state index in [-0.39, 0.29) is 17.1 Å². The van der Waals surface area contributed by atoms with Crippen molar-refractivity contribution in [3.8, 4) is 11.5 Å². The lowest BCUT2D eigenvalue weighted by molar-refractivity contribution is 0.0965. The van der Waals surface area contributed by atoms with Crippen molar-refractivity contribution in [1.82, 2.24) is 0 Å². The molecule has 1 aromatic carbocycles. The second-order valence-electron chi connectivity index (χ2n) is 3.16. The third-order valence-electron chi connectivity index (χ3n) is 1.95. The molecule has 15 heavy (non-hydrogen) atoms. The van der Waals surface area contributed by atoms with Crippen molar-refractivity contribution in [3.63, 3.8) is 0 Å². The van der Waals surface area contributed by atoms with Crippen LogP contribution in [0.5, 0.6) is 11.5 Å². The molecule has 0 radical (unpaired) electrons. The summed E-state index contributed by atoms with van der Waals surface area (Å²) in [7, 11) is 1.48. The van der Waals surface area contributed by atoms with Gasteiger partial charge in [-0.15, -0.1) is 0 Å². The molecule has 0 aliphatic heterocycles. The van der Waals surface area contributed by atoms with Gasteiger partial charge in [0.15, 0.2) is 5.78 Å². The second kappa shape index (κ2) is 4.63. The Morgan fingerprint density at radius 2 is 2.20 bits per heavy atom. The smallest absolute Gasteiger partial charge is 0.183 e. The monoisotopic (exact) mass is 273 g/mol. The van der Waals surface area contributed by atoms with E-state index < -0.39 is 6.04 Å². The van der Waals surface area contributed by atoms with E-state index in [1.807, 2.05) is 0 Å². The van der Waals surface area contributed by atoms with Gasteiger partial charge in [-0.25, -0.2) is 0 Å². The summed E-state index contributed by atoms with van der Waals surface area (Å²) in [5.74, 6) is 0.0556. The Morgan fingerprint density at radius 1 is 1.60 bits per heavy atom. The minimum atomic E-state index is -0.651. The number of carbonyl (C=O) groups excluding carboxylic acids is 1. The molecule has 3 N–H and O–H groups in total. The molecule has 1 unspecified atom stereocenters. The molecule has 0 spiro atoms. The molecule has 1 atom stereocenters. The highest BCUT2D eigenvalue weighted by atomic mass is 79.9. The fourth-order valence-electron chi connectivity index (χ4n) is 1.14. The highest BCUT2D eigenvalue weighted by Crippen LogP contribution is 2.32. The van der Waals surface area contributed by atoms with Gasteiger partial charge in [0.1, 0.15) is 11.5 Å². The summed E-state index contributed by atoms with van der Waals surface area (Å²) >= 11 is 3.20. The predicted octanol–water partition coefficient (Wildman–Crippen LogP) is 1.69. The van der Waals surface area contributed by atoms with Crippen LogP contribution >= 0.6 is 15.9 Å². The van der Waals surface area contributed by atoms with Crippen molar-refractivity contribution in [2.75, 3.05) is 7.11 Å². The lowest BCUT2D eigenvalue weighted by atomic mass is 10.0. The Morgan fingerprint density at radius 3 is 2.67 bits per heavy atom. The van der Waals surface area contributed by atoms with E-state index in [0.717, 1.165) is 0 Å².